The minimum atomic E-state index is -0.653. The Hall–Kier alpha value is -0.810. The van der Waals surface area contributed by atoms with Crippen LogP contribution in [0, 0.1) is 0 Å². The minimum Gasteiger partial charge on any atom is -0.409 e. The summed E-state index contributed by atoms with van der Waals surface area (Å²) in [5.74, 6) is 0.200. The van der Waals surface area contributed by atoms with Gasteiger partial charge in [-0.15, -0.1) is 0 Å². The zero-order valence-electron chi connectivity index (χ0n) is 9.82. The Morgan fingerprint density at radius 3 is 2.40 bits per heavy atom. The maximum atomic E-state index is 10.00. The number of hydrogen-bond donors (Lipinski definition) is 4. The van der Waals surface area contributed by atoms with Gasteiger partial charge in [-0.1, -0.05) is 19.0 Å². The van der Waals surface area contributed by atoms with Crippen molar-refractivity contribution in [1.82, 2.24) is 5.32 Å². The molecule has 0 aliphatic heterocycles. The zero-order valence-corrected chi connectivity index (χ0v) is 9.82. The molecule has 0 aromatic rings. The van der Waals surface area contributed by atoms with Crippen molar-refractivity contribution in [3.8, 4) is 0 Å². The van der Waals surface area contributed by atoms with Crippen LogP contribution >= 0.6 is 0 Å². The van der Waals surface area contributed by atoms with Gasteiger partial charge in [0.05, 0.1) is 5.60 Å². The van der Waals surface area contributed by atoms with Gasteiger partial charge in [0.25, 0.3) is 0 Å². The molecule has 0 radical (unpaired) electrons. The van der Waals surface area contributed by atoms with Gasteiger partial charge in [0.1, 0.15) is 5.84 Å². The van der Waals surface area contributed by atoms with Gasteiger partial charge in [-0.05, 0) is 19.8 Å². The third-order valence-electron chi connectivity index (χ3n) is 2.74. The molecule has 0 amide bonds. The summed E-state index contributed by atoms with van der Waals surface area (Å²) in [4.78, 5) is 0. The number of nitrogens with one attached hydrogen (secondary N) is 1. The molecule has 1 unspecified atom stereocenters. The summed E-state index contributed by atoms with van der Waals surface area (Å²) in [5.41, 5.74) is 4.72. The van der Waals surface area contributed by atoms with E-state index in [1.807, 2.05) is 20.8 Å². The van der Waals surface area contributed by atoms with Crippen LogP contribution in [0.3, 0.4) is 0 Å². The Morgan fingerprint density at radius 1 is 1.47 bits per heavy atom. The Bertz CT molecular complexity index is 203. The van der Waals surface area contributed by atoms with Crippen molar-refractivity contribution in [3.05, 3.63) is 0 Å². The highest BCUT2D eigenvalue weighted by molar-refractivity contribution is 5.80. The van der Waals surface area contributed by atoms with E-state index in [0.29, 0.717) is 25.8 Å². The molecule has 0 aromatic heterocycles. The lowest BCUT2D eigenvalue weighted by molar-refractivity contribution is 0.0305. The number of oxime groups is 1. The molecule has 5 N–H and O–H groups in total. The van der Waals surface area contributed by atoms with E-state index in [4.69, 9.17) is 10.9 Å². The number of nitrogens with two attached hydrogens (primary N) is 1. The first-order valence-electron chi connectivity index (χ1n) is 5.39. The number of nitrogens with zero attached hydrogens (tertiary/aromatic N) is 1. The van der Waals surface area contributed by atoms with Crippen LogP contribution < -0.4 is 11.1 Å². The molecule has 0 aliphatic rings. The van der Waals surface area contributed by atoms with Crippen LogP contribution in [0.1, 0.15) is 40.0 Å². The minimum absolute atomic E-state index is 0.0884. The van der Waals surface area contributed by atoms with E-state index in [1.54, 1.807) is 0 Å². The second-order valence-corrected chi connectivity index (χ2v) is 4.01. The molecule has 90 valence electrons. The molecule has 1 atom stereocenters. The van der Waals surface area contributed by atoms with E-state index in [9.17, 15) is 5.11 Å². The van der Waals surface area contributed by atoms with Gasteiger partial charge >= 0.3 is 0 Å². The first-order valence-corrected chi connectivity index (χ1v) is 5.39. The average Bonchev–Trinajstić information content (AvgIpc) is 2.25. The fourth-order valence-corrected chi connectivity index (χ4v) is 1.29. The van der Waals surface area contributed by atoms with Crippen LogP contribution in [-0.4, -0.2) is 34.3 Å². The fourth-order valence-electron chi connectivity index (χ4n) is 1.29. The monoisotopic (exact) mass is 217 g/mol. The van der Waals surface area contributed by atoms with E-state index >= 15 is 0 Å². The molecule has 0 saturated carbocycles. The van der Waals surface area contributed by atoms with Crippen LogP contribution in [0.2, 0.25) is 0 Å². The van der Waals surface area contributed by atoms with Crippen molar-refractivity contribution in [2.75, 3.05) is 6.54 Å². The predicted molar refractivity (Wildman–Crippen MR) is 61.0 cm³/mol. The third-order valence-corrected chi connectivity index (χ3v) is 2.74. The number of aliphatic hydroxyl groups is 1. The maximum Gasteiger partial charge on any atom is 0.140 e. The molecular formula is C10H23N3O2. The second-order valence-electron chi connectivity index (χ2n) is 4.01. The zero-order chi connectivity index (χ0) is 11.9. The van der Waals surface area contributed by atoms with Gasteiger partial charge in [-0.3, -0.25) is 0 Å². The number of hydrogen-bond acceptors (Lipinski definition) is 4. The molecule has 0 spiro atoms. The largest absolute Gasteiger partial charge is 0.409 e. The molecule has 5 nitrogen and oxygen atoms in total. The van der Waals surface area contributed by atoms with Crippen molar-refractivity contribution in [1.29, 1.82) is 0 Å². The summed E-state index contributed by atoms with van der Waals surface area (Å²) in [5, 5.41) is 24.5. The first kappa shape index (κ1) is 14.2. The van der Waals surface area contributed by atoms with Gasteiger partial charge in [-0.2, -0.15) is 0 Å². The second kappa shape index (κ2) is 6.63. The first-order chi connectivity index (χ1) is 6.97. The lowest BCUT2D eigenvalue weighted by Crippen LogP contribution is -2.44. The van der Waals surface area contributed by atoms with E-state index < -0.39 is 5.60 Å². The topological polar surface area (TPSA) is 90.9 Å². The van der Waals surface area contributed by atoms with Crippen LogP contribution in [0.5, 0.6) is 0 Å². The van der Waals surface area contributed by atoms with Crippen molar-refractivity contribution in [3.63, 3.8) is 0 Å². The van der Waals surface area contributed by atoms with Crippen LogP contribution in [0.25, 0.3) is 0 Å². The van der Waals surface area contributed by atoms with Gasteiger partial charge in [0, 0.05) is 19.0 Å². The van der Waals surface area contributed by atoms with Crippen molar-refractivity contribution in [2.45, 2.75) is 51.7 Å². The molecule has 0 aliphatic carbocycles. The van der Waals surface area contributed by atoms with E-state index in [2.05, 4.69) is 10.5 Å². The normalized spacial score (nSPS) is 15.3. The smallest absolute Gasteiger partial charge is 0.140 e. The summed E-state index contributed by atoms with van der Waals surface area (Å²) >= 11 is 0. The summed E-state index contributed by atoms with van der Waals surface area (Å²) in [6, 6.07) is 0.0884. The summed E-state index contributed by atoms with van der Waals surface area (Å²) in [7, 11) is 0. The van der Waals surface area contributed by atoms with Gasteiger partial charge < -0.3 is 21.4 Å². The Balaban J connectivity index is 3.94. The van der Waals surface area contributed by atoms with Gasteiger partial charge in [0.15, 0.2) is 0 Å². The van der Waals surface area contributed by atoms with Gasteiger partial charge in [-0.25, -0.2) is 0 Å². The Morgan fingerprint density at radius 2 is 2.00 bits per heavy atom. The SMILES string of the molecule is CCC(O)(CC)CNC(C)CC(N)=NO. The Labute approximate surface area is 91.4 Å². The highest BCUT2D eigenvalue weighted by atomic mass is 16.4. The summed E-state index contributed by atoms with van der Waals surface area (Å²) < 4.78 is 0. The predicted octanol–water partition coefficient (Wildman–Crippen LogP) is 0.652. The van der Waals surface area contributed by atoms with Crippen LogP contribution in [-0.2, 0) is 0 Å². The van der Waals surface area contributed by atoms with Crippen LogP contribution in [0.4, 0.5) is 0 Å². The molecule has 0 saturated heterocycles. The molecule has 0 heterocycles. The fraction of sp³-hybridized carbons (Fsp3) is 0.900. The maximum absolute atomic E-state index is 10.00. The molecule has 15 heavy (non-hydrogen) atoms. The lowest BCUT2D eigenvalue weighted by Gasteiger charge is -2.27. The molecule has 5 heteroatoms. The van der Waals surface area contributed by atoms with Crippen molar-refractivity contribution >= 4 is 5.84 Å². The highest BCUT2D eigenvalue weighted by Crippen LogP contribution is 2.13. The molecular weight excluding hydrogens is 194 g/mol. The molecule has 0 bridgehead atoms. The van der Waals surface area contributed by atoms with Crippen molar-refractivity contribution < 1.29 is 10.3 Å². The van der Waals surface area contributed by atoms with Crippen molar-refractivity contribution in [2.24, 2.45) is 10.9 Å². The molecule has 0 rings (SSSR count). The van der Waals surface area contributed by atoms with E-state index in [0.717, 1.165) is 0 Å². The van der Waals surface area contributed by atoms with Gasteiger partial charge in [0.2, 0.25) is 0 Å². The highest BCUT2D eigenvalue weighted by Gasteiger charge is 2.22. The number of rotatable bonds is 7. The Kier molecular flexibility index (Phi) is 6.27. The van der Waals surface area contributed by atoms with Crippen LogP contribution in [0.15, 0.2) is 5.16 Å². The average molecular weight is 217 g/mol. The molecule has 0 fully saturated rings. The lowest BCUT2D eigenvalue weighted by atomic mass is 9.97. The number of amidine groups is 1. The molecule has 0 aromatic carbocycles. The quantitative estimate of drug-likeness (QED) is 0.218. The van der Waals surface area contributed by atoms with E-state index in [1.165, 1.54) is 0 Å². The summed E-state index contributed by atoms with van der Waals surface area (Å²) in [6.07, 6.45) is 1.90. The van der Waals surface area contributed by atoms with E-state index in [-0.39, 0.29) is 11.9 Å². The summed E-state index contributed by atoms with van der Waals surface area (Å²) in [6.45, 7) is 6.38. The third kappa shape index (κ3) is 5.59. The standard InChI is InChI=1S/C10H23N3O2/c1-4-10(14,5-2)7-12-8(3)6-9(11)13-15/h8,12,14-15H,4-7H2,1-3H3,(H2,11,13).